The second-order valence-electron chi connectivity index (χ2n) is 8.60. The quantitative estimate of drug-likeness (QED) is 0.383. The number of ether oxygens (including phenoxy) is 2. The van der Waals surface area contributed by atoms with Crippen LogP contribution in [-0.2, 0) is 9.59 Å². The molecule has 8 heteroatoms. The lowest BCUT2D eigenvalue weighted by atomic mass is 10.0. The van der Waals surface area contributed by atoms with Gasteiger partial charge in [-0.25, -0.2) is 10.9 Å². The van der Waals surface area contributed by atoms with Crippen LogP contribution >= 0.6 is 0 Å². The van der Waals surface area contributed by atoms with Crippen molar-refractivity contribution < 1.29 is 19.1 Å². The lowest BCUT2D eigenvalue weighted by molar-refractivity contribution is -0.123. The van der Waals surface area contributed by atoms with Crippen LogP contribution in [0.3, 0.4) is 0 Å². The molecule has 182 valence electrons. The normalized spacial score (nSPS) is 11.4. The molecule has 0 radical (unpaired) electrons. The summed E-state index contributed by atoms with van der Waals surface area (Å²) < 4.78 is 11.3. The summed E-state index contributed by atoms with van der Waals surface area (Å²) in [5.74, 6) is 1.12. The van der Waals surface area contributed by atoms with Gasteiger partial charge < -0.3 is 9.47 Å². The maximum absolute atomic E-state index is 12.0. The third-order valence-electron chi connectivity index (χ3n) is 4.89. The van der Waals surface area contributed by atoms with Crippen molar-refractivity contribution in [2.24, 2.45) is 10.2 Å². The molecule has 0 fully saturated rings. The molecule has 2 amide bonds. The summed E-state index contributed by atoms with van der Waals surface area (Å²) in [6.07, 6.45) is 2.51. The summed E-state index contributed by atoms with van der Waals surface area (Å²) in [6.45, 7) is 11.9. The first-order valence-electron chi connectivity index (χ1n) is 11.3. The summed E-state index contributed by atoms with van der Waals surface area (Å²) >= 11 is 0. The van der Waals surface area contributed by atoms with Crippen LogP contribution in [0.5, 0.6) is 11.5 Å². The van der Waals surface area contributed by atoms with E-state index >= 15 is 0 Å². The van der Waals surface area contributed by atoms with Crippen LogP contribution in [0.25, 0.3) is 0 Å². The summed E-state index contributed by atoms with van der Waals surface area (Å²) in [5, 5.41) is 7.51. The predicted octanol–water partition coefficient (Wildman–Crippen LogP) is 4.21. The van der Waals surface area contributed by atoms with Gasteiger partial charge >= 0.3 is 0 Å². The standard InChI is InChI=1S/C26H34N4O4/c1-17(2)21-9-7-19(5)13-23(21)33-15-25(31)29-27-11-12-28-30-26(32)16-34-24-14-20(6)8-10-22(24)18(3)4/h7-14,17-18H,15-16H2,1-6H3,(H,29,31)(H,30,32). The number of hydrogen-bond donors (Lipinski definition) is 2. The average Bonchev–Trinajstić information content (AvgIpc) is 2.78. The number of carbonyl (C=O) groups is 2. The number of hydrazone groups is 2. The molecule has 0 heterocycles. The highest BCUT2D eigenvalue weighted by Crippen LogP contribution is 2.28. The molecule has 0 aliphatic rings. The Bertz CT molecular complexity index is 962. The van der Waals surface area contributed by atoms with E-state index in [-0.39, 0.29) is 25.0 Å². The van der Waals surface area contributed by atoms with E-state index in [1.807, 2.05) is 50.2 Å². The number of rotatable bonds is 11. The molecule has 34 heavy (non-hydrogen) atoms. The van der Waals surface area contributed by atoms with Gasteiger partial charge in [-0.3, -0.25) is 9.59 Å². The fourth-order valence-electron chi connectivity index (χ4n) is 3.12. The number of nitrogens with one attached hydrogen (secondary N) is 2. The maximum Gasteiger partial charge on any atom is 0.277 e. The van der Waals surface area contributed by atoms with Crippen LogP contribution < -0.4 is 20.3 Å². The molecule has 0 unspecified atom stereocenters. The van der Waals surface area contributed by atoms with Gasteiger partial charge in [0.2, 0.25) is 0 Å². The summed E-state index contributed by atoms with van der Waals surface area (Å²) in [6, 6.07) is 11.9. The number of benzene rings is 2. The molecule has 0 bridgehead atoms. The van der Waals surface area contributed by atoms with Crippen molar-refractivity contribution in [3.63, 3.8) is 0 Å². The van der Waals surface area contributed by atoms with E-state index in [2.05, 4.69) is 48.7 Å². The van der Waals surface area contributed by atoms with Crippen molar-refractivity contribution in [1.29, 1.82) is 0 Å². The van der Waals surface area contributed by atoms with Gasteiger partial charge in [0.15, 0.2) is 13.2 Å². The Morgan fingerprint density at radius 3 is 1.50 bits per heavy atom. The minimum Gasteiger partial charge on any atom is -0.483 e. The molecule has 0 saturated carbocycles. The van der Waals surface area contributed by atoms with Crippen LogP contribution in [0, 0.1) is 13.8 Å². The Kier molecular flexibility index (Phi) is 10.3. The number of aryl methyl sites for hydroxylation is 2. The second-order valence-corrected chi connectivity index (χ2v) is 8.60. The lowest BCUT2D eigenvalue weighted by Crippen LogP contribution is -2.26. The van der Waals surface area contributed by atoms with Crippen molar-refractivity contribution in [1.82, 2.24) is 10.9 Å². The molecule has 0 spiro atoms. The fraction of sp³-hybridized carbons (Fsp3) is 0.385. The van der Waals surface area contributed by atoms with Gasteiger partial charge in [0.25, 0.3) is 11.8 Å². The van der Waals surface area contributed by atoms with Crippen molar-refractivity contribution in [2.45, 2.75) is 53.4 Å². The molecule has 8 nitrogen and oxygen atoms in total. The Morgan fingerprint density at radius 1 is 0.765 bits per heavy atom. The van der Waals surface area contributed by atoms with Crippen molar-refractivity contribution in [3.05, 3.63) is 58.7 Å². The van der Waals surface area contributed by atoms with Crippen molar-refractivity contribution >= 4 is 24.2 Å². The second kappa shape index (κ2) is 13.1. The van der Waals surface area contributed by atoms with E-state index in [1.165, 1.54) is 12.4 Å². The zero-order chi connectivity index (χ0) is 25.1. The Balaban J connectivity index is 1.73. The van der Waals surface area contributed by atoms with Gasteiger partial charge in [0.1, 0.15) is 11.5 Å². The van der Waals surface area contributed by atoms with Gasteiger partial charge in [0, 0.05) is 0 Å². The van der Waals surface area contributed by atoms with Crippen molar-refractivity contribution in [3.8, 4) is 11.5 Å². The van der Waals surface area contributed by atoms with Gasteiger partial charge in [-0.05, 0) is 60.1 Å². The van der Waals surface area contributed by atoms with E-state index in [0.717, 1.165) is 22.3 Å². The van der Waals surface area contributed by atoms with E-state index in [4.69, 9.17) is 9.47 Å². The lowest BCUT2D eigenvalue weighted by Gasteiger charge is -2.14. The largest absolute Gasteiger partial charge is 0.483 e. The molecule has 2 aromatic carbocycles. The Labute approximate surface area is 201 Å². The summed E-state index contributed by atoms with van der Waals surface area (Å²) in [4.78, 5) is 23.9. The van der Waals surface area contributed by atoms with E-state index in [1.54, 1.807) is 0 Å². The van der Waals surface area contributed by atoms with Crippen LogP contribution in [-0.4, -0.2) is 37.5 Å². The van der Waals surface area contributed by atoms with Gasteiger partial charge in [-0.1, -0.05) is 52.0 Å². The number of nitrogens with zero attached hydrogens (tertiary/aromatic N) is 2. The topological polar surface area (TPSA) is 101 Å². The Hall–Kier alpha value is -3.68. The molecule has 0 saturated heterocycles. The number of amides is 2. The molecular weight excluding hydrogens is 432 g/mol. The van der Waals surface area contributed by atoms with E-state index in [9.17, 15) is 9.59 Å². The zero-order valence-corrected chi connectivity index (χ0v) is 20.7. The number of carbonyl (C=O) groups excluding carboxylic acids is 2. The maximum atomic E-state index is 12.0. The smallest absolute Gasteiger partial charge is 0.277 e. The first-order valence-corrected chi connectivity index (χ1v) is 11.3. The molecule has 2 aromatic rings. The minimum atomic E-state index is -0.405. The third-order valence-corrected chi connectivity index (χ3v) is 4.89. The van der Waals surface area contributed by atoms with Crippen LogP contribution in [0.4, 0.5) is 0 Å². The van der Waals surface area contributed by atoms with Crippen molar-refractivity contribution in [2.75, 3.05) is 13.2 Å². The predicted molar refractivity (Wildman–Crippen MR) is 135 cm³/mol. The minimum absolute atomic E-state index is 0.164. The third kappa shape index (κ3) is 8.69. The molecule has 2 N–H and O–H groups in total. The van der Waals surface area contributed by atoms with Gasteiger partial charge in [0.05, 0.1) is 12.4 Å². The number of hydrogen-bond acceptors (Lipinski definition) is 6. The van der Waals surface area contributed by atoms with E-state index in [0.29, 0.717) is 11.5 Å². The van der Waals surface area contributed by atoms with Crippen LogP contribution in [0.1, 0.15) is 61.8 Å². The monoisotopic (exact) mass is 466 g/mol. The highest BCUT2D eigenvalue weighted by Gasteiger charge is 2.11. The fourth-order valence-corrected chi connectivity index (χ4v) is 3.12. The molecule has 0 aromatic heterocycles. The zero-order valence-electron chi connectivity index (χ0n) is 20.7. The Morgan fingerprint density at radius 2 is 1.15 bits per heavy atom. The van der Waals surface area contributed by atoms with Gasteiger partial charge in [-0.2, -0.15) is 10.2 Å². The average molecular weight is 467 g/mol. The van der Waals surface area contributed by atoms with Crippen LogP contribution in [0.15, 0.2) is 46.6 Å². The SMILES string of the molecule is Cc1ccc(C(C)C)c(OCC(=O)NN=CC=NNC(=O)COc2cc(C)ccc2C(C)C)c1. The molecule has 0 aliphatic heterocycles. The molecule has 2 rings (SSSR count). The summed E-state index contributed by atoms with van der Waals surface area (Å²) in [7, 11) is 0. The van der Waals surface area contributed by atoms with E-state index < -0.39 is 11.8 Å². The molecule has 0 atom stereocenters. The van der Waals surface area contributed by atoms with Gasteiger partial charge in [-0.15, -0.1) is 0 Å². The first kappa shape index (κ1) is 26.6. The highest BCUT2D eigenvalue weighted by molar-refractivity contribution is 6.16. The summed E-state index contributed by atoms with van der Waals surface area (Å²) in [5.41, 5.74) is 8.89. The highest BCUT2D eigenvalue weighted by atomic mass is 16.5. The molecular formula is C26H34N4O4. The van der Waals surface area contributed by atoms with Crippen LogP contribution in [0.2, 0.25) is 0 Å². The molecule has 0 aliphatic carbocycles. The first-order chi connectivity index (χ1) is 16.2.